The summed E-state index contributed by atoms with van der Waals surface area (Å²) >= 11 is 0. The zero-order chi connectivity index (χ0) is 22.0. The Balaban J connectivity index is 1.15. The Morgan fingerprint density at radius 1 is 1.06 bits per heavy atom. The van der Waals surface area contributed by atoms with Crippen LogP contribution in [-0.2, 0) is 9.47 Å². The first-order valence-electron chi connectivity index (χ1n) is 12.3. The van der Waals surface area contributed by atoms with Crippen molar-refractivity contribution in [2.24, 2.45) is 16.4 Å². The van der Waals surface area contributed by atoms with Crippen LogP contribution in [-0.4, -0.2) is 61.3 Å². The Morgan fingerprint density at radius 2 is 1.72 bits per heavy atom. The monoisotopic (exact) mass is 436 g/mol. The number of likely N-dealkylation sites (tertiary alicyclic amines) is 2. The molecule has 4 fully saturated rings. The van der Waals surface area contributed by atoms with Gasteiger partial charge in [0.05, 0.1) is 0 Å². The van der Waals surface area contributed by atoms with E-state index in [2.05, 4.69) is 45.3 Å². The third kappa shape index (κ3) is 4.21. The number of nitrogens with two attached hydrogens (primary N) is 1. The van der Waals surface area contributed by atoms with Crippen LogP contribution in [0.2, 0.25) is 0 Å². The van der Waals surface area contributed by atoms with Gasteiger partial charge in [0.15, 0.2) is 0 Å². The summed E-state index contributed by atoms with van der Waals surface area (Å²) in [5, 5.41) is 3.70. The summed E-state index contributed by atoms with van der Waals surface area (Å²) in [4.78, 5) is 4.84. The van der Waals surface area contributed by atoms with E-state index < -0.39 is 0 Å². The summed E-state index contributed by atoms with van der Waals surface area (Å²) in [7, 11) is 0. The number of hydrogen-bond acceptors (Lipinski definition) is 5. The number of amidine groups is 1. The van der Waals surface area contributed by atoms with E-state index in [1.54, 1.807) is 11.1 Å². The standard InChI is InChI=1S/C26H36N4O2/c1-2-32-25(28-27)30-18-26(19-30)12-7-22(17-26)29-13-8-20(9-14-29)23-5-3-4-6-24(23)21-10-15-31-16-11-21/h1,3-6,20-22H,7-19,27H2/b28-25-/t22-/m1/s1. The number of hydrazone groups is 1. The number of hydrogen-bond donors (Lipinski definition) is 1. The first kappa shape index (κ1) is 21.6. The zero-order valence-electron chi connectivity index (χ0n) is 19.0. The molecule has 0 amide bonds. The summed E-state index contributed by atoms with van der Waals surface area (Å²) in [6.45, 7) is 6.16. The fraction of sp³-hybridized carbons (Fsp3) is 0.654. The summed E-state index contributed by atoms with van der Waals surface area (Å²) < 4.78 is 10.7. The van der Waals surface area contributed by atoms with Gasteiger partial charge in [-0.2, -0.15) is 0 Å². The maximum Gasteiger partial charge on any atom is 0.323 e. The van der Waals surface area contributed by atoms with Gasteiger partial charge >= 0.3 is 6.02 Å². The molecular weight excluding hydrogens is 400 g/mol. The van der Waals surface area contributed by atoms with Gasteiger partial charge in [-0.3, -0.25) is 0 Å². The highest BCUT2D eigenvalue weighted by atomic mass is 16.5. The lowest BCUT2D eigenvalue weighted by Crippen LogP contribution is -2.58. The van der Waals surface area contributed by atoms with E-state index in [1.165, 1.54) is 58.0 Å². The molecule has 4 aliphatic rings. The molecule has 2 N–H and O–H groups in total. The fourth-order valence-electron chi connectivity index (χ4n) is 6.74. The van der Waals surface area contributed by atoms with Gasteiger partial charge in [0, 0.05) is 37.8 Å². The van der Waals surface area contributed by atoms with Crippen LogP contribution in [0.1, 0.15) is 67.9 Å². The van der Waals surface area contributed by atoms with Crippen LogP contribution in [0.15, 0.2) is 29.4 Å². The molecule has 0 unspecified atom stereocenters. The van der Waals surface area contributed by atoms with Crippen molar-refractivity contribution in [3.8, 4) is 12.5 Å². The topological polar surface area (TPSA) is 63.3 Å². The van der Waals surface area contributed by atoms with E-state index in [9.17, 15) is 0 Å². The maximum atomic E-state index is 5.61. The van der Waals surface area contributed by atoms with E-state index in [4.69, 9.17) is 21.7 Å². The van der Waals surface area contributed by atoms with Crippen molar-refractivity contribution in [1.29, 1.82) is 0 Å². The average molecular weight is 437 g/mol. The summed E-state index contributed by atoms with van der Waals surface area (Å²) in [5.74, 6) is 6.80. The van der Waals surface area contributed by atoms with E-state index in [-0.39, 0.29) is 0 Å². The van der Waals surface area contributed by atoms with Crippen LogP contribution in [0.5, 0.6) is 0 Å². The number of nitrogens with zero attached hydrogens (tertiary/aromatic N) is 3. The molecule has 3 heterocycles. The van der Waals surface area contributed by atoms with Crippen LogP contribution < -0.4 is 5.84 Å². The Hall–Kier alpha value is -2.23. The highest BCUT2D eigenvalue weighted by Crippen LogP contribution is 2.48. The predicted octanol–water partition coefficient (Wildman–Crippen LogP) is 3.45. The fourth-order valence-corrected chi connectivity index (χ4v) is 6.74. The first-order chi connectivity index (χ1) is 15.7. The van der Waals surface area contributed by atoms with Gasteiger partial charge in [-0.05, 0) is 81.0 Å². The second kappa shape index (κ2) is 9.33. The average Bonchev–Trinajstić information content (AvgIpc) is 3.28. The molecule has 1 aromatic rings. The summed E-state index contributed by atoms with van der Waals surface area (Å²) in [6, 6.07) is 10.3. The van der Waals surface area contributed by atoms with E-state index >= 15 is 0 Å². The normalized spacial score (nSPS) is 27.3. The van der Waals surface area contributed by atoms with Crippen molar-refractivity contribution in [3.63, 3.8) is 0 Å². The van der Waals surface area contributed by atoms with Crippen molar-refractivity contribution in [2.45, 2.75) is 62.8 Å². The van der Waals surface area contributed by atoms with E-state index in [0.717, 1.165) is 26.3 Å². The minimum absolute atomic E-state index is 0.380. The molecule has 5 rings (SSSR count). The maximum absolute atomic E-state index is 5.61. The third-order valence-corrected chi connectivity index (χ3v) is 8.40. The van der Waals surface area contributed by atoms with Crippen molar-refractivity contribution < 1.29 is 9.47 Å². The molecule has 32 heavy (non-hydrogen) atoms. The largest absolute Gasteiger partial charge is 0.381 e. The first-order valence-corrected chi connectivity index (χ1v) is 12.3. The molecule has 3 saturated heterocycles. The van der Waals surface area contributed by atoms with Gasteiger partial charge in [0.25, 0.3) is 0 Å². The predicted molar refractivity (Wildman–Crippen MR) is 126 cm³/mol. The minimum Gasteiger partial charge on any atom is -0.381 e. The van der Waals surface area contributed by atoms with Crippen LogP contribution in [0.4, 0.5) is 0 Å². The lowest BCUT2D eigenvalue weighted by molar-refractivity contribution is 0.0377. The zero-order valence-corrected chi connectivity index (χ0v) is 19.0. The summed E-state index contributed by atoms with van der Waals surface area (Å²) in [5.41, 5.74) is 3.58. The molecule has 1 atom stereocenters. The molecule has 1 aromatic carbocycles. The lowest BCUT2D eigenvalue weighted by atomic mass is 9.78. The Bertz CT molecular complexity index is 859. The van der Waals surface area contributed by atoms with E-state index in [0.29, 0.717) is 29.3 Å². The Morgan fingerprint density at radius 3 is 2.34 bits per heavy atom. The van der Waals surface area contributed by atoms with Gasteiger partial charge in [-0.25, -0.2) is 0 Å². The molecule has 0 aromatic heterocycles. The number of piperidine rings is 1. The molecule has 1 aliphatic carbocycles. The highest BCUT2D eigenvalue weighted by Gasteiger charge is 2.50. The number of rotatable bonds is 3. The van der Waals surface area contributed by atoms with Crippen LogP contribution in [0, 0.1) is 17.9 Å². The molecular formula is C26H36N4O2. The molecule has 1 spiro atoms. The van der Waals surface area contributed by atoms with Crippen LogP contribution in [0.3, 0.4) is 0 Å². The molecule has 0 radical (unpaired) electrons. The molecule has 172 valence electrons. The van der Waals surface area contributed by atoms with Gasteiger partial charge in [0.1, 0.15) is 6.11 Å². The SMILES string of the molecule is C#CO/C(=N\N)N1CC2(CC[C@@H](N3CCC(c4ccccc4C4CCOCC4)CC3)C2)C1. The lowest BCUT2D eigenvalue weighted by Gasteiger charge is -2.49. The number of benzene rings is 1. The molecule has 3 aliphatic heterocycles. The molecule has 6 nitrogen and oxygen atoms in total. The molecule has 0 bridgehead atoms. The van der Waals surface area contributed by atoms with Crippen molar-refractivity contribution >= 4 is 6.02 Å². The molecule has 1 saturated carbocycles. The highest BCUT2D eigenvalue weighted by molar-refractivity contribution is 5.75. The van der Waals surface area contributed by atoms with Crippen molar-refractivity contribution in [1.82, 2.24) is 9.80 Å². The van der Waals surface area contributed by atoms with Gasteiger partial charge < -0.3 is 25.1 Å². The summed E-state index contributed by atoms with van der Waals surface area (Å²) in [6.07, 6.45) is 16.1. The Labute approximate surface area is 192 Å². The quantitative estimate of drug-likeness (QED) is 0.259. The van der Waals surface area contributed by atoms with Gasteiger partial charge in [0.2, 0.25) is 0 Å². The molecule has 6 heteroatoms. The Kier molecular flexibility index (Phi) is 6.30. The number of terminal acetylenes is 1. The second-order valence-corrected chi connectivity index (χ2v) is 10.2. The van der Waals surface area contributed by atoms with E-state index in [1.807, 2.05) is 0 Å². The van der Waals surface area contributed by atoms with Crippen molar-refractivity contribution in [3.05, 3.63) is 35.4 Å². The van der Waals surface area contributed by atoms with Gasteiger partial charge in [-0.15, -0.1) is 5.10 Å². The second-order valence-electron chi connectivity index (χ2n) is 10.2. The minimum atomic E-state index is 0.380. The van der Waals surface area contributed by atoms with Gasteiger partial charge in [-0.1, -0.05) is 30.7 Å². The number of ether oxygens (including phenoxy) is 2. The van der Waals surface area contributed by atoms with Crippen LogP contribution in [0.25, 0.3) is 0 Å². The van der Waals surface area contributed by atoms with Crippen molar-refractivity contribution in [2.75, 3.05) is 39.4 Å². The smallest absolute Gasteiger partial charge is 0.323 e. The third-order valence-electron chi connectivity index (χ3n) is 8.40. The van der Waals surface area contributed by atoms with Crippen LogP contribution >= 0.6 is 0 Å².